The van der Waals surface area contributed by atoms with Crippen molar-refractivity contribution in [2.45, 2.75) is 12.4 Å². The van der Waals surface area contributed by atoms with Crippen LogP contribution in [0.2, 0.25) is 0 Å². The van der Waals surface area contributed by atoms with Crippen LogP contribution in [0.5, 0.6) is 0 Å². The second kappa shape index (κ2) is 34.1. The van der Waals surface area contributed by atoms with Gasteiger partial charge in [0.2, 0.25) is 0 Å². The first kappa shape index (κ1) is 65.1. The predicted molar refractivity (Wildman–Crippen MR) is 61.3 cm³/mol. The smallest absolute Gasteiger partial charge is 0.566 e. The molecule has 15 nitrogen and oxygen atoms in total. The van der Waals surface area contributed by atoms with Crippen LogP contribution in [0.1, 0.15) is 6.42 Å². The fourth-order valence-corrected chi connectivity index (χ4v) is 1.31. The van der Waals surface area contributed by atoms with Crippen molar-refractivity contribution in [3.63, 3.8) is 0 Å². The van der Waals surface area contributed by atoms with Gasteiger partial charge >= 0.3 is 81.6 Å². The third-order valence-electron chi connectivity index (χ3n) is 0.895. The molecule has 0 bridgehead atoms. The molecule has 22 heavy (non-hydrogen) atoms. The molecule has 0 heterocycles. The van der Waals surface area contributed by atoms with E-state index in [0.717, 1.165) is 0 Å². The van der Waals surface area contributed by atoms with Crippen molar-refractivity contribution in [2.24, 2.45) is 5.73 Å². The van der Waals surface area contributed by atoms with Gasteiger partial charge in [-0.15, -0.1) is 0 Å². The van der Waals surface area contributed by atoms with E-state index < -0.39 is 28.9 Å². The molecule has 0 saturated carbocycles. The Morgan fingerprint density at radius 3 is 1.23 bits per heavy atom. The van der Waals surface area contributed by atoms with E-state index in [2.05, 4.69) is 9.05 Å². The number of aliphatic hydroxyl groups is 1. The maximum atomic E-state index is 10.0. The van der Waals surface area contributed by atoms with Crippen molar-refractivity contribution >= 4 is 16.5 Å². The van der Waals surface area contributed by atoms with Crippen molar-refractivity contribution < 1.29 is 131 Å². The summed E-state index contributed by atoms with van der Waals surface area (Å²) in [5.41, 5.74) is 4.95. The van der Waals surface area contributed by atoms with E-state index in [1.807, 2.05) is 0 Å². The molecular formula is C3H21NNa2O14P2+2. The monoisotopic (exact) mass is 403 g/mol. The van der Waals surface area contributed by atoms with Crippen LogP contribution in [-0.4, -0.2) is 56.0 Å². The molecule has 0 amide bonds. The fraction of sp³-hybridized carbons (Fsp3) is 1.00. The minimum absolute atomic E-state index is 0. The first-order chi connectivity index (χ1) is 5.89. The molecule has 0 spiro atoms. The maximum absolute atomic E-state index is 10.0. The van der Waals surface area contributed by atoms with Crippen molar-refractivity contribution in [1.82, 2.24) is 0 Å². The van der Waals surface area contributed by atoms with Crippen LogP contribution in [0.25, 0.3) is 0 Å². The van der Waals surface area contributed by atoms with E-state index in [9.17, 15) is 18.9 Å². The van der Waals surface area contributed by atoms with E-state index in [-0.39, 0.29) is 104 Å². The Balaban J connectivity index is -0.0000000200. The molecule has 2 atom stereocenters. The molecule has 0 aliphatic carbocycles. The van der Waals surface area contributed by atoms with Crippen LogP contribution < -0.4 is 74.6 Å². The minimum Gasteiger partial charge on any atom is -0.566 e. The van der Waals surface area contributed by atoms with Gasteiger partial charge in [0.1, 0.15) is 0 Å². The quantitative estimate of drug-likeness (QED) is 0.243. The SMILES string of the molecule is NCCC(O)(O[P+](=O)[O-])O[P+](=O)[O-].O.O.O.O.O.O.O.[Na+].[Na+]. The largest absolute Gasteiger partial charge is 1.00 e. The molecule has 0 aliphatic rings. The van der Waals surface area contributed by atoms with Crippen LogP contribution >= 0.6 is 16.5 Å². The van der Waals surface area contributed by atoms with Crippen molar-refractivity contribution in [1.29, 1.82) is 0 Å². The first-order valence-electron chi connectivity index (χ1n) is 2.99. The fourth-order valence-electron chi connectivity index (χ4n) is 0.523. The van der Waals surface area contributed by atoms with Crippen LogP contribution in [0.4, 0.5) is 0 Å². The molecule has 0 aromatic heterocycles. The number of hydrogen-bond donors (Lipinski definition) is 2. The number of nitrogens with two attached hydrogens (primary N) is 1. The summed E-state index contributed by atoms with van der Waals surface area (Å²) >= 11 is 0. The second-order valence-electron chi connectivity index (χ2n) is 1.88. The molecule has 0 aromatic carbocycles. The van der Waals surface area contributed by atoms with E-state index in [1.165, 1.54) is 0 Å². The first-order valence-corrected chi connectivity index (χ1v) is 5.18. The van der Waals surface area contributed by atoms with Crippen LogP contribution in [0, 0.1) is 0 Å². The van der Waals surface area contributed by atoms with Gasteiger partial charge in [-0.2, -0.15) is 0 Å². The van der Waals surface area contributed by atoms with Gasteiger partial charge in [-0.25, -0.2) is 0 Å². The number of rotatable bonds is 6. The zero-order valence-corrected chi connectivity index (χ0v) is 17.6. The average Bonchev–Trinajstić information content (AvgIpc) is 1.81. The molecule has 2 unspecified atom stereocenters. The summed E-state index contributed by atoms with van der Waals surface area (Å²) < 4.78 is 27.6. The van der Waals surface area contributed by atoms with Gasteiger partial charge in [0.05, 0.1) is 0 Å². The van der Waals surface area contributed by atoms with E-state index in [0.29, 0.717) is 0 Å². The normalized spacial score (nSPS) is 10.5. The Kier molecular flexibility index (Phi) is 101. The molecule has 17 N–H and O–H groups in total. The van der Waals surface area contributed by atoms with Gasteiger partial charge in [-0.05, 0) is 9.13 Å². The van der Waals surface area contributed by atoms with Crippen LogP contribution in [0.3, 0.4) is 0 Å². The molecular weight excluding hydrogens is 382 g/mol. The van der Waals surface area contributed by atoms with E-state index in [4.69, 9.17) is 10.8 Å². The van der Waals surface area contributed by atoms with E-state index >= 15 is 0 Å². The van der Waals surface area contributed by atoms with Crippen LogP contribution in [-0.2, 0) is 18.2 Å². The summed E-state index contributed by atoms with van der Waals surface area (Å²) in [6.07, 6.45) is -0.486. The van der Waals surface area contributed by atoms with Crippen molar-refractivity contribution in [3.05, 3.63) is 0 Å². The number of hydrogen-bond acceptors (Lipinski definition) is 8. The maximum Gasteiger partial charge on any atom is 1.00 e. The third-order valence-corrected chi connectivity index (χ3v) is 1.76. The molecule has 0 radical (unpaired) electrons. The minimum atomic E-state index is -3.43. The molecule has 0 fully saturated rings. The topological polar surface area (TPSA) is 365 Å². The van der Waals surface area contributed by atoms with E-state index in [1.54, 1.807) is 0 Å². The Hall–Kier alpha value is 1.68. The summed E-state index contributed by atoms with van der Waals surface area (Å²) in [7, 11) is -6.86. The Bertz CT molecular complexity index is 206. The molecule has 19 heteroatoms. The summed E-state index contributed by atoms with van der Waals surface area (Å²) in [4.78, 5) is 20.0. The zero-order chi connectivity index (χ0) is 10.5. The zero-order valence-electron chi connectivity index (χ0n) is 11.8. The van der Waals surface area contributed by atoms with Gasteiger partial charge in [0.25, 0.3) is 0 Å². The van der Waals surface area contributed by atoms with Gasteiger partial charge in [0, 0.05) is 13.0 Å². The average molecular weight is 403 g/mol. The molecule has 0 saturated heterocycles. The predicted octanol–water partition coefficient (Wildman–Crippen LogP) is -13.7. The Morgan fingerprint density at radius 2 is 1.09 bits per heavy atom. The molecule has 0 rings (SSSR count). The third kappa shape index (κ3) is 37.7. The molecule has 132 valence electrons. The summed E-state index contributed by atoms with van der Waals surface area (Å²) in [5, 5.41) is 9.06. The van der Waals surface area contributed by atoms with Crippen LogP contribution in [0.15, 0.2) is 0 Å². The molecule has 0 aromatic rings. The summed E-state index contributed by atoms with van der Waals surface area (Å²) in [5.74, 6) is -2.72. The van der Waals surface area contributed by atoms with Gasteiger partial charge in [-0.1, -0.05) is 9.05 Å². The Morgan fingerprint density at radius 1 is 0.864 bits per heavy atom. The Labute approximate surface area is 170 Å². The van der Waals surface area contributed by atoms with Gasteiger partial charge < -0.3 is 59.0 Å². The van der Waals surface area contributed by atoms with Crippen molar-refractivity contribution in [2.75, 3.05) is 6.54 Å². The van der Waals surface area contributed by atoms with Gasteiger partial charge in [0.15, 0.2) is 0 Å². The molecule has 0 aliphatic heterocycles. The standard InChI is InChI=1S/C3H7NO7P2.2Na.7H2O/c4-2-1-3(5,10-12(6)7)11-13(8)9;;;;;;;;;/h5H,1-2,4H2;;;7*1H2/q;2*+1;;;;;;;. The summed E-state index contributed by atoms with van der Waals surface area (Å²) in [6.45, 7) is -0.206. The second-order valence-corrected chi connectivity index (χ2v) is 3.14. The van der Waals surface area contributed by atoms with Gasteiger partial charge in [-0.3, -0.25) is 0 Å². The summed E-state index contributed by atoms with van der Waals surface area (Å²) in [6, 6.07) is 0. The van der Waals surface area contributed by atoms with Crippen molar-refractivity contribution in [3.8, 4) is 0 Å².